The van der Waals surface area contributed by atoms with E-state index in [1.54, 1.807) is 5.57 Å². The lowest BCUT2D eigenvalue weighted by molar-refractivity contribution is -0.0706. The van der Waals surface area contributed by atoms with Crippen LogP contribution in [0, 0.1) is 46.3 Å². The van der Waals surface area contributed by atoms with Gasteiger partial charge in [-0.15, -0.1) is 0 Å². The maximum atomic E-state index is 10.7. The molecule has 0 aromatic heterocycles. The zero-order chi connectivity index (χ0) is 22.4. The third-order valence-corrected chi connectivity index (χ3v) is 11.1. The van der Waals surface area contributed by atoms with Crippen molar-refractivity contribution in [1.82, 2.24) is 0 Å². The first-order chi connectivity index (χ1) is 14.6. The Morgan fingerprint density at radius 2 is 1.74 bits per heavy atom. The topological polar surface area (TPSA) is 40.5 Å². The van der Waals surface area contributed by atoms with Gasteiger partial charge in [0, 0.05) is 6.61 Å². The van der Waals surface area contributed by atoms with Crippen molar-refractivity contribution in [2.75, 3.05) is 6.61 Å². The summed E-state index contributed by atoms with van der Waals surface area (Å²) in [6.45, 7) is 12.5. The van der Waals surface area contributed by atoms with Crippen LogP contribution < -0.4 is 0 Å². The third-order valence-electron chi connectivity index (χ3n) is 11.1. The van der Waals surface area contributed by atoms with Crippen LogP contribution in [-0.4, -0.2) is 22.4 Å². The predicted octanol–water partition coefficient (Wildman–Crippen LogP) is 7.14. The SMILES string of the molecule is CC(CCCO)CC[C@@H](C)[C@H]1CC[C@H]2[C@@H]3CC=C4C[C@@](C)(O)CC[C@]4(C)[C@H]3CC[C@]12C. The van der Waals surface area contributed by atoms with Crippen LogP contribution in [0.2, 0.25) is 0 Å². The molecule has 1 unspecified atom stereocenters. The molecule has 4 rings (SSSR count). The van der Waals surface area contributed by atoms with Gasteiger partial charge in [-0.1, -0.05) is 52.2 Å². The Bertz CT molecular complexity index is 666. The lowest BCUT2D eigenvalue weighted by atomic mass is 9.46. The van der Waals surface area contributed by atoms with E-state index in [9.17, 15) is 5.11 Å². The number of fused-ring (bicyclic) bond motifs is 5. The Hall–Kier alpha value is -0.340. The lowest BCUT2D eigenvalue weighted by Gasteiger charge is -2.59. The van der Waals surface area contributed by atoms with E-state index in [4.69, 9.17) is 5.11 Å². The van der Waals surface area contributed by atoms with Crippen LogP contribution in [0.1, 0.15) is 112 Å². The van der Waals surface area contributed by atoms with E-state index in [1.807, 2.05) is 6.92 Å². The number of hydrogen-bond donors (Lipinski definition) is 2. The van der Waals surface area contributed by atoms with E-state index >= 15 is 0 Å². The molecule has 0 amide bonds. The van der Waals surface area contributed by atoms with E-state index < -0.39 is 5.60 Å². The summed E-state index contributed by atoms with van der Waals surface area (Å²) >= 11 is 0. The standard InChI is InChI=1S/C29H50O2/c1-20(7-6-18-30)8-9-21(2)24-12-13-25-23-11-10-22-19-27(3,31)16-17-28(22,4)26(23)14-15-29(24,25)5/h10,20-21,23-26,30-31H,6-9,11-19H2,1-5H3/t20?,21-,23+,24-,25+,26+,27+,28+,29-/m1/s1. The first kappa shape index (κ1) is 23.8. The van der Waals surface area contributed by atoms with E-state index in [0.717, 1.165) is 54.8 Å². The van der Waals surface area contributed by atoms with Crippen LogP contribution in [0.4, 0.5) is 0 Å². The molecule has 2 N–H and O–H groups in total. The molecule has 2 heteroatoms. The van der Waals surface area contributed by atoms with Crippen molar-refractivity contribution in [2.45, 2.75) is 117 Å². The number of hydrogen-bond acceptors (Lipinski definition) is 2. The Balaban J connectivity index is 1.45. The summed E-state index contributed by atoms with van der Waals surface area (Å²) in [5, 5.41) is 19.8. The summed E-state index contributed by atoms with van der Waals surface area (Å²) in [6.07, 6.45) is 17.5. The average Bonchev–Trinajstić information content (AvgIpc) is 3.08. The van der Waals surface area contributed by atoms with Crippen LogP contribution in [0.3, 0.4) is 0 Å². The number of rotatable bonds is 7. The van der Waals surface area contributed by atoms with Crippen molar-refractivity contribution in [1.29, 1.82) is 0 Å². The molecule has 0 bridgehead atoms. The molecular weight excluding hydrogens is 380 g/mol. The van der Waals surface area contributed by atoms with Crippen molar-refractivity contribution in [3.05, 3.63) is 11.6 Å². The maximum absolute atomic E-state index is 10.7. The predicted molar refractivity (Wildman–Crippen MR) is 130 cm³/mol. The molecule has 31 heavy (non-hydrogen) atoms. The molecule has 0 aliphatic heterocycles. The Kier molecular flexibility index (Phi) is 6.75. The number of aliphatic hydroxyl groups is 2. The largest absolute Gasteiger partial charge is 0.396 e. The molecule has 0 aromatic carbocycles. The summed E-state index contributed by atoms with van der Waals surface area (Å²) in [5.74, 6) is 5.10. The van der Waals surface area contributed by atoms with Gasteiger partial charge in [0.05, 0.1) is 5.60 Å². The second-order valence-corrected chi connectivity index (χ2v) is 13.2. The van der Waals surface area contributed by atoms with Crippen molar-refractivity contribution < 1.29 is 10.2 Å². The molecule has 3 saturated carbocycles. The van der Waals surface area contributed by atoms with Gasteiger partial charge in [0.25, 0.3) is 0 Å². The average molecular weight is 431 g/mol. The highest BCUT2D eigenvalue weighted by molar-refractivity contribution is 5.26. The first-order valence-electron chi connectivity index (χ1n) is 13.6. The molecule has 4 aliphatic rings. The number of allylic oxidation sites excluding steroid dienone is 1. The molecule has 3 fully saturated rings. The van der Waals surface area contributed by atoms with Crippen molar-refractivity contribution in [2.24, 2.45) is 46.3 Å². The van der Waals surface area contributed by atoms with Gasteiger partial charge >= 0.3 is 0 Å². The van der Waals surface area contributed by atoms with Crippen LogP contribution in [0.15, 0.2) is 11.6 Å². The van der Waals surface area contributed by atoms with E-state index in [2.05, 4.69) is 33.8 Å². The summed E-state index contributed by atoms with van der Waals surface area (Å²) < 4.78 is 0. The smallest absolute Gasteiger partial charge is 0.0657 e. The van der Waals surface area contributed by atoms with Crippen LogP contribution >= 0.6 is 0 Å². The van der Waals surface area contributed by atoms with Crippen LogP contribution in [-0.2, 0) is 0 Å². The zero-order valence-electron chi connectivity index (χ0n) is 21.1. The monoisotopic (exact) mass is 430 g/mol. The van der Waals surface area contributed by atoms with Gasteiger partial charge < -0.3 is 10.2 Å². The Labute approximate surface area is 192 Å². The summed E-state index contributed by atoms with van der Waals surface area (Å²) in [4.78, 5) is 0. The summed E-state index contributed by atoms with van der Waals surface area (Å²) in [6, 6.07) is 0. The highest BCUT2D eigenvalue weighted by atomic mass is 16.3. The Morgan fingerprint density at radius 1 is 0.968 bits per heavy atom. The molecule has 2 nitrogen and oxygen atoms in total. The fourth-order valence-electron chi connectivity index (χ4n) is 9.11. The van der Waals surface area contributed by atoms with E-state index in [0.29, 0.717) is 17.4 Å². The van der Waals surface area contributed by atoms with E-state index in [-0.39, 0.29) is 0 Å². The van der Waals surface area contributed by atoms with Gasteiger partial charge in [-0.05, 0) is 117 Å². The molecule has 9 atom stereocenters. The minimum absolute atomic E-state index is 0.345. The first-order valence-corrected chi connectivity index (χ1v) is 13.6. The lowest BCUT2D eigenvalue weighted by Crippen LogP contribution is -2.52. The molecule has 0 radical (unpaired) electrons. The molecule has 4 aliphatic carbocycles. The van der Waals surface area contributed by atoms with Crippen molar-refractivity contribution in [3.8, 4) is 0 Å². The van der Waals surface area contributed by atoms with Crippen LogP contribution in [0.25, 0.3) is 0 Å². The molecule has 0 saturated heterocycles. The fraction of sp³-hybridized carbons (Fsp3) is 0.931. The Morgan fingerprint density at radius 3 is 2.48 bits per heavy atom. The second kappa shape index (κ2) is 8.79. The van der Waals surface area contributed by atoms with Crippen LogP contribution in [0.5, 0.6) is 0 Å². The highest BCUT2D eigenvalue weighted by Gasteiger charge is 2.59. The maximum Gasteiger partial charge on any atom is 0.0657 e. The number of aliphatic hydroxyl groups excluding tert-OH is 1. The van der Waals surface area contributed by atoms with Gasteiger partial charge in [0.2, 0.25) is 0 Å². The molecule has 0 heterocycles. The fourth-order valence-corrected chi connectivity index (χ4v) is 9.11. The van der Waals surface area contributed by atoms with Gasteiger partial charge in [-0.25, -0.2) is 0 Å². The molecule has 0 aromatic rings. The summed E-state index contributed by atoms with van der Waals surface area (Å²) in [5.41, 5.74) is 1.99. The minimum Gasteiger partial charge on any atom is -0.396 e. The highest BCUT2D eigenvalue weighted by Crippen LogP contribution is 2.67. The quantitative estimate of drug-likeness (QED) is 0.421. The summed E-state index contributed by atoms with van der Waals surface area (Å²) in [7, 11) is 0. The normalized spacial score (nSPS) is 46.5. The van der Waals surface area contributed by atoms with Gasteiger partial charge in [0.15, 0.2) is 0 Å². The minimum atomic E-state index is -0.483. The molecular formula is C29H50O2. The van der Waals surface area contributed by atoms with Crippen molar-refractivity contribution >= 4 is 0 Å². The molecule has 178 valence electrons. The zero-order valence-corrected chi connectivity index (χ0v) is 21.1. The van der Waals surface area contributed by atoms with Gasteiger partial charge in [-0.3, -0.25) is 0 Å². The third kappa shape index (κ3) is 4.30. The van der Waals surface area contributed by atoms with Gasteiger partial charge in [0.1, 0.15) is 0 Å². The second-order valence-electron chi connectivity index (χ2n) is 13.2. The molecule has 0 spiro atoms. The van der Waals surface area contributed by atoms with E-state index in [1.165, 1.54) is 57.8 Å². The van der Waals surface area contributed by atoms with Gasteiger partial charge in [-0.2, -0.15) is 0 Å². The van der Waals surface area contributed by atoms with Crippen molar-refractivity contribution in [3.63, 3.8) is 0 Å².